The summed E-state index contributed by atoms with van der Waals surface area (Å²) >= 11 is 3.19. The van der Waals surface area contributed by atoms with Gasteiger partial charge in [-0.2, -0.15) is 0 Å². The van der Waals surface area contributed by atoms with E-state index in [1.807, 2.05) is 0 Å². The first-order chi connectivity index (χ1) is 5.81. The van der Waals surface area contributed by atoms with E-state index in [0.717, 1.165) is 0 Å². The molecule has 60 valence electrons. The Morgan fingerprint density at radius 1 is 1.50 bits per heavy atom. The first-order valence-corrected chi connectivity index (χ1v) is 3.92. The third kappa shape index (κ3) is 1.00. The Hall–Kier alpha value is -1.30. The molecule has 0 aliphatic heterocycles. The largest absolute Gasteiger partial charge is 0.341 e. The number of carbonyl (C=O) groups excluding carboxylic acids is 1. The van der Waals surface area contributed by atoms with Crippen molar-refractivity contribution in [2.24, 2.45) is 0 Å². The number of imidazole rings is 1. The molecular formula is C6H3BrN4O. The molecule has 0 amide bonds. The molecule has 0 bridgehead atoms. The molecule has 5 nitrogen and oxygen atoms in total. The van der Waals surface area contributed by atoms with Gasteiger partial charge in [0.2, 0.25) is 0 Å². The molecular weight excluding hydrogens is 224 g/mol. The van der Waals surface area contributed by atoms with Crippen molar-refractivity contribution >= 4 is 33.4 Å². The number of hydrogen-bond donors (Lipinski definition) is 1. The topological polar surface area (TPSA) is 71.5 Å². The molecule has 0 radical (unpaired) electrons. The van der Waals surface area contributed by atoms with Gasteiger partial charge < -0.3 is 4.98 Å². The molecule has 0 aliphatic rings. The average molecular weight is 227 g/mol. The normalized spacial score (nSPS) is 10.4. The van der Waals surface area contributed by atoms with Crippen LogP contribution in [0.5, 0.6) is 0 Å². The second-order valence-electron chi connectivity index (χ2n) is 2.09. The maximum atomic E-state index is 10.3. The lowest BCUT2D eigenvalue weighted by Gasteiger charge is -1.92. The Kier molecular flexibility index (Phi) is 1.61. The van der Waals surface area contributed by atoms with E-state index in [1.54, 1.807) is 0 Å². The van der Waals surface area contributed by atoms with Crippen molar-refractivity contribution in [3.8, 4) is 0 Å². The van der Waals surface area contributed by atoms with E-state index in [-0.39, 0.29) is 5.82 Å². The number of fused-ring (bicyclic) bond motifs is 1. The molecule has 0 aliphatic carbocycles. The summed E-state index contributed by atoms with van der Waals surface area (Å²) in [6, 6.07) is 0. The Morgan fingerprint density at radius 2 is 2.33 bits per heavy atom. The third-order valence-electron chi connectivity index (χ3n) is 1.36. The number of H-pyrrole nitrogens is 1. The van der Waals surface area contributed by atoms with Crippen LogP contribution in [0.15, 0.2) is 10.9 Å². The number of carbonyl (C=O) groups is 1. The van der Waals surface area contributed by atoms with Crippen molar-refractivity contribution < 1.29 is 4.79 Å². The smallest absolute Gasteiger partial charge is 0.195 e. The molecule has 2 aromatic rings. The van der Waals surface area contributed by atoms with Gasteiger partial charge in [0.1, 0.15) is 10.1 Å². The Morgan fingerprint density at radius 3 is 3.08 bits per heavy atom. The number of nitrogens with zero attached hydrogens (tertiary/aromatic N) is 3. The van der Waals surface area contributed by atoms with Gasteiger partial charge in [-0.3, -0.25) is 4.79 Å². The zero-order valence-electron chi connectivity index (χ0n) is 5.78. The van der Waals surface area contributed by atoms with Gasteiger partial charge in [-0.05, 0) is 15.9 Å². The maximum absolute atomic E-state index is 10.3. The number of aromatic nitrogens is 4. The second-order valence-corrected chi connectivity index (χ2v) is 2.84. The molecule has 0 fully saturated rings. The van der Waals surface area contributed by atoms with Gasteiger partial charge >= 0.3 is 0 Å². The van der Waals surface area contributed by atoms with Crippen molar-refractivity contribution in [2.75, 3.05) is 0 Å². The zero-order chi connectivity index (χ0) is 8.55. The molecule has 6 heteroatoms. The summed E-state index contributed by atoms with van der Waals surface area (Å²) in [6.45, 7) is 0. The first kappa shape index (κ1) is 7.35. The van der Waals surface area contributed by atoms with E-state index in [4.69, 9.17) is 0 Å². The summed E-state index contributed by atoms with van der Waals surface area (Å²) < 4.78 is 0.548. The number of hydrogen-bond acceptors (Lipinski definition) is 4. The number of halogens is 1. The van der Waals surface area contributed by atoms with Crippen LogP contribution in [0.25, 0.3) is 11.2 Å². The standard InChI is InChI=1S/C6H3BrN4O/c7-5-4-6(9-2-8-4)11-3(1-12)10-5/h1-2H,(H,8,9,10,11). The molecule has 12 heavy (non-hydrogen) atoms. The fourth-order valence-electron chi connectivity index (χ4n) is 0.866. The fourth-order valence-corrected chi connectivity index (χ4v) is 1.34. The second kappa shape index (κ2) is 2.63. The third-order valence-corrected chi connectivity index (χ3v) is 1.94. The molecule has 0 spiro atoms. The van der Waals surface area contributed by atoms with E-state index in [2.05, 4.69) is 35.9 Å². The SMILES string of the molecule is O=Cc1nc(Br)c2[nH]cnc2n1. The highest BCUT2D eigenvalue weighted by molar-refractivity contribution is 9.10. The Balaban J connectivity index is 2.83. The average Bonchev–Trinajstić information content (AvgIpc) is 2.52. The predicted octanol–water partition coefficient (Wildman–Crippen LogP) is 0.928. The molecule has 0 aromatic carbocycles. The highest BCUT2D eigenvalue weighted by Crippen LogP contribution is 2.15. The van der Waals surface area contributed by atoms with E-state index >= 15 is 0 Å². The molecule has 0 saturated heterocycles. The van der Waals surface area contributed by atoms with Crippen molar-refractivity contribution in [2.45, 2.75) is 0 Å². The molecule has 2 heterocycles. The van der Waals surface area contributed by atoms with E-state index < -0.39 is 0 Å². The van der Waals surface area contributed by atoms with Crippen LogP contribution in [0.1, 0.15) is 10.6 Å². The van der Waals surface area contributed by atoms with Gasteiger partial charge in [0.15, 0.2) is 17.8 Å². The van der Waals surface area contributed by atoms with E-state index in [9.17, 15) is 4.79 Å². The summed E-state index contributed by atoms with van der Waals surface area (Å²) in [6.07, 6.45) is 2.08. The molecule has 0 saturated carbocycles. The Labute approximate surface area is 75.4 Å². The minimum Gasteiger partial charge on any atom is -0.341 e. The number of rotatable bonds is 1. The first-order valence-electron chi connectivity index (χ1n) is 3.13. The summed E-state index contributed by atoms with van der Waals surface area (Å²) in [5.74, 6) is 0.126. The van der Waals surface area contributed by atoms with Gasteiger partial charge in [-0.15, -0.1) is 0 Å². The lowest BCUT2D eigenvalue weighted by molar-refractivity contribution is 0.111. The summed E-state index contributed by atoms with van der Waals surface area (Å²) in [5, 5.41) is 0. The molecule has 2 rings (SSSR count). The van der Waals surface area contributed by atoms with Crippen molar-refractivity contribution in [1.29, 1.82) is 0 Å². The highest BCUT2D eigenvalue weighted by Gasteiger charge is 2.05. The maximum Gasteiger partial charge on any atom is 0.195 e. The van der Waals surface area contributed by atoms with Crippen molar-refractivity contribution in [1.82, 2.24) is 19.9 Å². The van der Waals surface area contributed by atoms with Gasteiger partial charge in [-0.1, -0.05) is 0 Å². The molecule has 1 N–H and O–H groups in total. The minimum atomic E-state index is 0.126. The highest BCUT2D eigenvalue weighted by atomic mass is 79.9. The van der Waals surface area contributed by atoms with Crippen LogP contribution in [0.4, 0.5) is 0 Å². The van der Waals surface area contributed by atoms with Crippen LogP contribution in [0, 0.1) is 0 Å². The van der Waals surface area contributed by atoms with Crippen LogP contribution in [-0.4, -0.2) is 26.2 Å². The molecule has 0 atom stereocenters. The summed E-state index contributed by atoms with van der Waals surface area (Å²) in [4.78, 5) is 24.8. The predicted molar refractivity (Wildman–Crippen MR) is 44.8 cm³/mol. The molecule has 0 unspecified atom stereocenters. The lowest BCUT2D eigenvalue weighted by Crippen LogP contribution is -1.93. The minimum absolute atomic E-state index is 0.126. The van der Waals surface area contributed by atoms with Crippen molar-refractivity contribution in [3.05, 3.63) is 16.8 Å². The number of aromatic amines is 1. The lowest BCUT2D eigenvalue weighted by atomic mass is 10.5. The quantitative estimate of drug-likeness (QED) is 0.580. The van der Waals surface area contributed by atoms with Crippen LogP contribution in [0.3, 0.4) is 0 Å². The van der Waals surface area contributed by atoms with Gasteiger partial charge in [0.05, 0.1) is 6.33 Å². The van der Waals surface area contributed by atoms with E-state index in [0.29, 0.717) is 22.1 Å². The van der Waals surface area contributed by atoms with Gasteiger partial charge in [0.25, 0.3) is 0 Å². The van der Waals surface area contributed by atoms with Crippen molar-refractivity contribution in [3.63, 3.8) is 0 Å². The van der Waals surface area contributed by atoms with Gasteiger partial charge in [0, 0.05) is 0 Å². The Bertz CT molecular complexity index is 438. The number of nitrogens with one attached hydrogen (secondary N) is 1. The monoisotopic (exact) mass is 226 g/mol. The summed E-state index contributed by atoms with van der Waals surface area (Å²) in [5.41, 5.74) is 1.18. The van der Waals surface area contributed by atoms with E-state index in [1.165, 1.54) is 6.33 Å². The molecule has 2 aromatic heterocycles. The van der Waals surface area contributed by atoms with Gasteiger partial charge in [-0.25, -0.2) is 15.0 Å². The van der Waals surface area contributed by atoms with Crippen LogP contribution < -0.4 is 0 Å². The van der Waals surface area contributed by atoms with Crippen LogP contribution in [-0.2, 0) is 0 Å². The van der Waals surface area contributed by atoms with Crippen LogP contribution in [0.2, 0.25) is 0 Å². The summed E-state index contributed by atoms with van der Waals surface area (Å²) in [7, 11) is 0. The number of aldehydes is 1. The fraction of sp³-hybridized carbons (Fsp3) is 0. The zero-order valence-corrected chi connectivity index (χ0v) is 7.37. The van der Waals surface area contributed by atoms with Crippen LogP contribution >= 0.6 is 15.9 Å².